The number of nitrogens with zero attached hydrogens (tertiary/aromatic N) is 1. The van der Waals surface area contributed by atoms with Gasteiger partial charge in [-0.25, -0.2) is 4.39 Å². The van der Waals surface area contributed by atoms with Crippen LogP contribution in [0.2, 0.25) is 0 Å². The normalized spacial score (nSPS) is 14.1. The first-order valence-corrected chi connectivity index (χ1v) is 9.30. The van der Waals surface area contributed by atoms with Crippen molar-refractivity contribution >= 4 is 5.91 Å². The number of halogens is 4. The lowest BCUT2D eigenvalue weighted by Crippen LogP contribution is -2.31. The summed E-state index contributed by atoms with van der Waals surface area (Å²) in [5, 5.41) is 0. The minimum atomic E-state index is -4.48. The molecule has 0 aliphatic carbocycles. The van der Waals surface area contributed by atoms with E-state index < -0.39 is 17.6 Å². The van der Waals surface area contributed by atoms with Crippen LogP contribution in [-0.4, -0.2) is 24.0 Å². The summed E-state index contributed by atoms with van der Waals surface area (Å²) in [5.74, 6) is -0.860. The zero-order chi connectivity index (χ0) is 21.3. The van der Waals surface area contributed by atoms with Gasteiger partial charge < -0.3 is 9.64 Å². The molecule has 1 amide bonds. The lowest BCUT2D eigenvalue weighted by molar-refractivity contribution is -0.137. The first-order chi connectivity index (χ1) is 14.3. The molecule has 1 aliphatic heterocycles. The van der Waals surface area contributed by atoms with Crippen molar-refractivity contribution in [2.24, 2.45) is 0 Å². The van der Waals surface area contributed by atoms with E-state index in [1.165, 1.54) is 18.2 Å². The van der Waals surface area contributed by atoms with E-state index in [4.69, 9.17) is 4.74 Å². The molecule has 7 heteroatoms. The molecule has 0 atom stereocenters. The molecule has 0 radical (unpaired) electrons. The van der Waals surface area contributed by atoms with Gasteiger partial charge in [-0.1, -0.05) is 42.5 Å². The van der Waals surface area contributed by atoms with Gasteiger partial charge in [-0.15, -0.1) is 0 Å². The second kappa shape index (κ2) is 7.82. The van der Waals surface area contributed by atoms with Crippen molar-refractivity contribution < 1.29 is 27.1 Å². The molecule has 3 aromatic carbocycles. The van der Waals surface area contributed by atoms with Crippen LogP contribution in [0.5, 0.6) is 5.75 Å². The Balaban J connectivity index is 1.68. The lowest BCUT2D eigenvalue weighted by Gasteiger charge is -2.20. The predicted molar refractivity (Wildman–Crippen MR) is 104 cm³/mol. The third-order valence-corrected chi connectivity index (χ3v) is 4.95. The minimum absolute atomic E-state index is 0.0426. The molecule has 4 rings (SSSR count). The Morgan fingerprint density at radius 3 is 2.30 bits per heavy atom. The van der Waals surface area contributed by atoms with Gasteiger partial charge in [0, 0.05) is 18.2 Å². The van der Waals surface area contributed by atoms with Crippen LogP contribution in [0.4, 0.5) is 17.6 Å². The number of hydrogen-bond acceptors (Lipinski definition) is 2. The van der Waals surface area contributed by atoms with Gasteiger partial charge in [0.1, 0.15) is 18.2 Å². The van der Waals surface area contributed by atoms with E-state index in [1.807, 2.05) is 30.3 Å². The van der Waals surface area contributed by atoms with Crippen molar-refractivity contribution in [2.75, 3.05) is 13.2 Å². The fourth-order valence-corrected chi connectivity index (χ4v) is 3.39. The van der Waals surface area contributed by atoms with E-state index in [9.17, 15) is 22.4 Å². The molecule has 154 valence electrons. The minimum Gasteiger partial charge on any atom is -0.491 e. The third-order valence-electron chi connectivity index (χ3n) is 4.95. The first-order valence-electron chi connectivity index (χ1n) is 9.30. The molecule has 3 aromatic rings. The number of benzene rings is 3. The van der Waals surface area contributed by atoms with Crippen molar-refractivity contribution in [3.8, 4) is 16.9 Å². The van der Waals surface area contributed by atoms with Crippen LogP contribution in [-0.2, 0) is 12.7 Å². The molecule has 1 aliphatic rings. The summed E-state index contributed by atoms with van der Waals surface area (Å²) in [6, 6.07) is 16.1. The smallest absolute Gasteiger partial charge is 0.416 e. The maximum atomic E-state index is 14.7. The van der Waals surface area contributed by atoms with Gasteiger partial charge in [0.15, 0.2) is 0 Å². The number of rotatable bonds is 3. The van der Waals surface area contributed by atoms with Gasteiger partial charge in [-0.2, -0.15) is 13.2 Å². The van der Waals surface area contributed by atoms with E-state index >= 15 is 0 Å². The van der Waals surface area contributed by atoms with E-state index in [-0.39, 0.29) is 35.0 Å². The van der Waals surface area contributed by atoms with Crippen LogP contribution in [0.15, 0.2) is 66.7 Å². The maximum Gasteiger partial charge on any atom is 0.416 e. The Kier molecular flexibility index (Phi) is 5.20. The number of alkyl halides is 3. The highest BCUT2D eigenvalue weighted by molar-refractivity contribution is 5.98. The van der Waals surface area contributed by atoms with Crippen molar-refractivity contribution in [1.29, 1.82) is 0 Å². The summed E-state index contributed by atoms with van der Waals surface area (Å²) in [6.07, 6.45) is -4.48. The summed E-state index contributed by atoms with van der Waals surface area (Å²) >= 11 is 0. The van der Waals surface area contributed by atoms with Crippen LogP contribution in [0, 0.1) is 5.82 Å². The highest BCUT2D eigenvalue weighted by Crippen LogP contribution is 2.35. The van der Waals surface area contributed by atoms with Gasteiger partial charge in [0.2, 0.25) is 0 Å². The zero-order valence-corrected chi connectivity index (χ0v) is 15.7. The SMILES string of the molecule is O=C1c2cc(-c3ccc(C(F)(F)F)cc3)c(F)cc2OCCN1Cc1ccccc1. The molecule has 0 saturated carbocycles. The van der Waals surface area contributed by atoms with E-state index in [0.29, 0.717) is 13.1 Å². The zero-order valence-electron chi connectivity index (χ0n) is 15.7. The number of amides is 1. The van der Waals surface area contributed by atoms with Crippen molar-refractivity contribution in [2.45, 2.75) is 12.7 Å². The van der Waals surface area contributed by atoms with E-state index in [2.05, 4.69) is 0 Å². The lowest BCUT2D eigenvalue weighted by atomic mass is 9.99. The first kappa shape index (κ1) is 19.9. The van der Waals surface area contributed by atoms with Crippen molar-refractivity contribution in [3.05, 3.63) is 89.2 Å². The molecule has 0 fully saturated rings. The fraction of sp³-hybridized carbons (Fsp3) is 0.174. The quantitative estimate of drug-likeness (QED) is 0.525. The highest BCUT2D eigenvalue weighted by atomic mass is 19.4. The summed E-state index contributed by atoms with van der Waals surface area (Å²) in [4.78, 5) is 14.7. The average Bonchev–Trinajstić information content (AvgIpc) is 2.86. The Morgan fingerprint density at radius 1 is 0.933 bits per heavy atom. The summed E-state index contributed by atoms with van der Waals surface area (Å²) < 4.78 is 58.7. The third kappa shape index (κ3) is 4.01. The molecule has 0 bridgehead atoms. The molecule has 30 heavy (non-hydrogen) atoms. The molecule has 3 nitrogen and oxygen atoms in total. The molecule has 0 spiro atoms. The molecule has 1 heterocycles. The summed E-state index contributed by atoms with van der Waals surface area (Å²) in [7, 11) is 0. The van der Waals surface area contributed by atoms with Gasteiger partial charge in [-0.05, 0) is 29.3 Å². The average molecular weight is 415 g/mol. The molecular formula is C23H17F4NO2. The number of hydrogen-bond donors (Lipinski definition) is 0. The molecule has 0 aromatic heterocycles. The van der Waals surface area contributed by atoms with E-state index in [0.717, 1.165) is 23.8 Å². The van der Waals surface area contributed by atoms with Crippen LogP contribution in [0.25, 0.3) is 11.1 Å². The fourth-order valence-electron chi connectivity index (χ4n) is 3.39. The number of carbonyl (C=O) groups excluding carboxylic acids is 1. The number of ether oxygens (including phenoxy) is 1. The Labute approximate surface area is 170 Å². The van der Waals surface area contributed by atoms with Gasteiger partial charge in [0.05, 0.1) is 17.7 Å². The van der Waals surface area contributed by atoms with Gasteiger partial charge >= 0.3 is 6.18 Å². The Hall–Kier alpha value is -3.35. The summed E-state index contributed by atoms with van der Waals surface area (Å²) in [6.45, 7) is 0.916. The number of carbonyl (C=O) groups is 1. The van der Waals surface area contributed by atoms with Crippen molar-refractivity contribution in [3.63, 3.8) is 0 Å². The van der Waals surface area contributed by atoms with Crippen LogP contribution >= 0.6 is 0 Å². The molecule has 0 unspecified atom stereocenters. The standard InChI is InChI=1S/C23H17F4NO2/c24-20-13-21-19(12-18(20)16-6-8-17(9-7-16)23(25,26)27)22(29)28(10-11-30-21)14-15-4-2-1-3-5-15/h1-9,12-13H,10-11,14H2. The highest BCUT2D eigenvalue weighted by Gasteiger charge is 2.30. The summed E-state index contributed by atoms with van der Waals surface area (Å²) in [5.41, 5.74) is 0.588. The van der Waals surface area contributed by atoms with Crippen LogP contribution in [0.3, 0.4) is 0 Å². The molecule has 0 N–H and O–H groups in total. The largest absolute Gasteiger partial charge is 0.491 e. The van der Waals surface area contributed by atoms with Crippen LogP contribution < -0.4 is 4.74 Å². The van der Waals surface area contributed by atoms with Crippen LogP contribution in [0.1, 0.15) is 21.5 Å². The molecule has 0 saturated heterocycles. The number of fused-ring (bicyclic) bond motifs is 1. The predicted octanol–water partition coefficient (Wildman–Crippen LogP) is 5.55. The monoisotopic (exact) mass is 415 g/mol. The molecular weight excluding hydrogens is 398 g/mol. The van der Waals surface area contributed by atoms with Crippen molar-refractivity contribution in [1.82, 2.24) is 4.90 Å². The van der Waals surface area contributed by atoms with E-state index in [1.54, 1.807) is 4.90 Å². The Bertz CT molecular complexity index is 1060. The van der Waals surface area contributed by atoms with Gasteiger partial charge in [-0.3, -0.25) is 4.79 Å². The maximum absolute atomic E-state index is 14.7. The second-order valence-corrected chi connectivity index (χ2v) is 6.96. The topological polar surface area (TPSA) is 29.5 Å². The van der Waals surface area contributed by atoms with Gasteiger partial charge in [0.25, 0.3) is 5.91 Å². The Morgan fingerprint density at radius 2 is 1.63 bits per heavy atom. The second-order valence-electron chi connectivity index (χ2n) is 6.96.